The molecule has 0 spiro atoms. The number of ether oxygens (including phenoxy) is 1. The highest BCUT2D eigenvalue weighted by Crippen LogP contribution is 2.23. The van der Waals surface area contributed by atoms with Crippen LogP contribution in [-0.2, 0) is 16.0 Å². The van der Waals surface area contributed by atoms with Crippen LogP contribution in [0.25, 0.3) is 10.9 Å². The lowest BCUT2D eigenvalue weighted by atomic mass is 9.99. The summed E-state index contributed by atoms with van der Waals surface area (Å²) in [6.45, 7) is 8.60. The van der Waals surface area contributed by atoms with Gasteiger partial charge in [0.25, 0.3) is 0 Å². The van der Waals surface area contributed by atoms with Crippen molar-refractivity contribution in [2.75, 3.05) is 6.61 Å². The topological polar surface area (TPSA) is 42.1 Å². The maximum atomic E-state index is 11.9. The summed E-state index contributed by atoms with van der Waals surface area (Å²) in [5.74, 6) is -0.164. The molecule has 0 saturated carbocycles. The lowest BCUT2D eigenvalue weighted by molar-refractivity contribution is -0.145. The molecule has 1 N–H and O–H groups in total. The van der Waals surface area contributed by atoms with E-state index >= 15 is 0 Å². The number of aromatic nitrogens is 1. The molecule has 102 valence electrons. The van der Waals surface area contributed by atoms with Gasteiger partial charge >= 0.3 is 5.97 Å². The summed E-state index contributed by atoms with van der Waals surface area (Å²) in [5.41, 5.74) is 3.15. The monoisotopic (exact) mass is 259 g/mol. The summed E-state index contributed by atoms with van der Waals surface area (Å²) in [7, 11) is 0. The number of rotatable bonds is 3. The third-order valence-corrected chi connectivity index (χ3v) is 3.01. The molecule has 19 heavy (non-hydrogen) atoms. The fourth-order valence-electron chi connectivity index (χ4n) is 2.05. The van der Waals surface area contributed by atoms with Gasteiger partial charge in [0.05, 0.1) is 13.0 Å². The van der Waals surface area contributed by atoms with Crippen molar-refractivity contribution in [3.63, 3.8) is 0 Å². The molecule has 0 bridgehead atoms. The number of aromatic amines is 1. The maximum absolute atomic E-state index is 11.9. The lowest BCUT2D eigenvalue weighted by Crippen LogP contribution is -2.19. The van der Waals surface area contributed by atoms with E-state index in [1.165, 1.54) is 0 Å². The second-order valence-corrected chi connectivity index (χ2v) is 6.17. The minimum Gasteiger partial charge on any atom is -0.465 e. The summed E-state index contributed by atoms with van der Waals surface area (Å²) in [6.07, 6.45) is 0.325. The Morgan fingerprint density at radius 2 is 1.95 bits per heavy atom. The van der Waals surface area contributed by atoms with E-state index in [1.807, 2.05) is 31.2 Å². The van der Waals surface area contributed by atoms with Gasteiger partial charge in [-0.15, -0.1) is 0 Å². The second-order valence-electron chi connectivity index (χ2n) is 6.17. The molecule has 3 heteroatoms. The largest absolute Gasteiger partial charge is 0.465 e. The first kappa shape index (κ1) is 13.7. The number of fused-ring (bicyclic) bond motifs is 1. The van der Waals surface area contributed by atoms with Crippen molar-refractivity contribution in [3.8, 4) is 0 Å². The van der Waals surface area contributed by atoms with Crippen LogP contribution in [0.4, 0.5) is 0 Å². The van der Waals surface area contributed by atoms with Gasteiger partial charge in [-0.05, 0) is 24.0 Å². The van der Waals surface area contributed by atoms with E-state index in [0.29, 0.717) is 13.0 Å². The van der Waals surface area contributed by atoms with Crippen molar-refractivity contribution < 1.29 is 9.53 Å². The number of para-hydroxylation sites is 1. The Morgan fingerprint density at radius 3 is 2.63 bits per heavy atom. The van der Waals surface area contributed by atoms with Crippen molar-refractivity contribution in [2.24, 2.45) is 5.41 Å². The number of carbonyl (C=O) groups is 1. The molecule has 2 rings (SSSR count). The van der Waals surface area contributed by atoms with Gasteiger partial charge in [-0.2, -0.15) is 0 Å². The summed E-state index contributed by atoms with van der Waals surface area (Å²) in [4.78, 5) is 15.2. The number of hydrogen-bond donors (Lipinski definition) is 1. The predicted molar refractivity (Wildman–Crippen MR) is 77.2 cm³/mol. The molecule has 0 saturated heterocycles. The van der Waals surface area contributed by atoms with Gasteiger partial charge in [-0.25, -0.2) is 0 Å². The molecule has 1 aromatic heterocycles. The number of esters is 1. The highest BCUT2D eigenvalue weighted by Gasteiger charge is 2.16. The van der Waals surface area contributed by atoms with Gasteiger partial charge in [0.1, 0.15) is 0 Å². The Hall–Kier alpha value is -1.77. The molecule has 0 radical (unpaired) electrons. The van der Waals surface area contributed by atoms with Crippen LogP contribution in [-0.4, -0.2) is 17.6 Å². The van der Waals surface area contributed by atoms with E-state index in [2.05, 4.69) is 25.8 Å². The molecule has 1 heterocycles. The molecule has 2 aromatic rings. The average molecular weight is 259 g/mol. The van der Waals surface area contributed by atoms with Crippen molar-refractivity contribution in [1.82, 2.24) is 4.98 Å². The van der Waals surface area contributed by atoms with Gasteiger partial charge in [0.2, 0.25) is 0 Å². The van der Waals surface area contributed by atoms with Crippen LogP contribution < -0.4 is 0 Å². The van der Waals surface area contributed by atoms with Gasteiger partial charge in [0, 0.05) is 16.6 Å². The normalized spacial score (nSPS) is 11.8. The predicted octanol–water partition coefficient (Wildman–Crippen LogP) is 3.61. The molecule has 0 aliphatic carbocycles. The van der Waals surface area contributed by atoms with E-state index in [4.69, 9.17) is 4.74 Å². The average Bonchev–Trinajstić information content (AvgIpc) is 2.63. The Morgan fingerprint density at radius 1 is 1.26 bits per heavy atom. The molecular weight excluding hydrogens is 238 g/mol. The van der Waals surface area contributed by atoms with Crippen LogP contribution in [0.5, 0.6) is 0 Å². The fourth-order valence-corrected chi connectivity index (χ4v) is 2.05. The van der Waals surface area contributed by atoms with Crippen LogP contribution in [0.1, 0.15) is 32.0 Å². The fraction of sp³-hybridized carbons (Fsp3) is 0.438. The first-order chi connectivity index (χ1) is 8.87. The Kier molecular flexibility index (Phi) is 3.65. The summed E-state index contributed by atoms with van der Waals surface area (Å²) in [6, 6.07) is 8.02. The van der Waals surface area contributed by atoms with E-state index in [1.54, 1.807) is 0 Å². The molecule has 0 aliphatic heterocycles. The minimum atomic E-state index is -0.164. The smallest absolute Gasteiger partial charge is 0.310 e. The van der Waals surface area contributed by atoms with Crippen LogP contribution in [0, 0.1) is 12.3 Å². The summed E-state index contributed by atoms with van der Waals surface area (Å²) < 4.78 is 5.33. The third kappa shape index (κ3) is 3.37. The van der Waals surface area contributed by atoms with Gasteiger partial charge in [-0.1, -0.05) is 39.0 Å². The van der Waals surface area contributed by atoms with E-state index in [0.717, 1.165) is 22.2 Å². The molecule has 1 aromatic carbocycles. The minimum absolute atomic E-state index is 0.00488. The summed E-state index contributed by atoms with van der Waals surface area (Å²) in [5, 5.41) is 1.10. The van der Waals surface area contributed by atoms with Crippen LogP contribution in [0.2, 0.25) is 0 Å². The van der Waals surface area contributed by atoms with Crippen LogP contribution in [0.3, 0.4) is 0 Å². The molecule has 3 nitrogen and oxygen atoms in total. The zero-order valence-electron chi connectivity index (χ0n) is 12.0. The molecule has 0 unspecified atom stereocenters. The highest BCUT2D eigenvalue weighted by molar-refractivity contribution is 5.88. The van der Waals surface area contributed by atoms with Crippen molar-refractivity contribution in [2.45, 2.75) is 34.1 Å². The Bertz CT molecular complexity index is 590. The van der Waals surface area contributed by atoms with Crippen molar-refractivity contribution in [1.29, 1.82) is 0 Å². The van der Waals surface area contributed by atoms with E-state index in [9.17, 15) is 4.79 Å². The van der Waals surface area contributed by atoms with Crippen molar-refractivity contribution in [3.05, 3.63) is 35.5 Å². The number of aryl methyl sites for hydroxylation is 1. The van der Waals surface area contributed by atoms with Gasteiger partial charge < -0.3 is 9.72 Å². The third-order valence-electron chi connectivity index (χ3n) is 3.01. The van der Waals surface area contributed by atoms with Gasteiger partial charge in [0.15, 0.2) is 0 Å². The number of nitrogens with one attached hydrogen (secondary N) is 1. The number of benzene rings is 1. The first-order valence-corrected chi connectivity index (χ1v) is 6.58. The summed E-state index contributed by atoms with van der Waals surface area (Å²) >= 11 is 0. The highest BCUT2D eigenvalue weighted by atomic mass is 16.5. The molecule has 0 fully saturated rings. The van der Waals surface area contributed by atoms with Crippen LogP contribution >= 0.6 is 0 Å². The second kappa shape index (κ2) is 5.08. The van der Waals surface area contributed by atoms with E-state index in [-0.39, 0.29) is 11.4 Å². The van der Waals surface area contributed by atoms with Gasteiger partial charge in [-0.3, -0.25) is 4.79 Å². The van der Waals surface area contributed by atoms with Crippen LogP contribution in [0.15, 0.2) is 24.3 Å². The lowest BCUT2D eigenvalue weighted by Gasteiger charge is -2.17. The molecular formula is C16H21NO2. The first-order valence-electron chi connectivity index (χ1n) is 6.58. The SMILES string of the molecule is Cc1[nH]c2ccccc2c1CC(=O)OCC(C)(C)C. The number of H-pyrrole nitrogens is 1. The zero-order valence-corrected chi connectivity index (χ0v) is 12.0. The van der Waals surface area contributed by atoms with E-state index < -0.39 is 0 Å². The standard InChI is InChI=1S/C16H21NO2/c1-11-13(9-15(18)19-10-16(2,3)4)12-7-5-6-8-14(12)17-11/h5-8,17H,9-10H2,1-4H3. The molecule has 0 amide bonds. The zero-order chi connectivity index (χ0) is 14.0. The van der Waals surface area contributed by atoms with Crippen molar-refractivity contribution >= 4 is 16.9 Å². The Labute approximate surface area is 114 Å². The number of carbonyl (C=O) groups excluding carboxylic acids is 1. The Balaban J connectivity index is 2.13. The molecule has 0 aliphatic rings. The number of hydrogen-bond acceptors (Lipinski definition) is 2. The molecule has 0 atom stereocenters. The maximum Gasteiger partial charge on any atom is 0.310 e. The quantitative estimate of drug-likeness (QED) is 0.856.